The Morgan fingerprint density at radius 2 is 1.97 bits per heavy atom. The van der Waals surface area contributed by atoms with Gasteiger partial charge in [-0.2, -0.15) is 0 Å². The second kappa shape index (κ2) is 10.9. The molecule has 1 aliphatic carbocycles. The SMILES string of the molecule is CCCCn1c(N)c(N(CCOC)C(=O)CN2CC[C@H]3CCCC[C@@H]3C2)c(=O)[nH]c1=O. The number of rotatable bonds is 9. The molecular weight excluding hydrogens is 398 g/mol. The molecule has 174 valence electrons. The molecule has 9 heteroatoms. The molecule has 1 aromatic heterocycles. The first-order valence-corrected chi connectivity index (χ1v) is 11.6. The van der Waals surface area contributed by atoms with Crippen molar-refractivity contribution in [2.24, 2.45) is 11.8 Å². The number of H-pyrrole nitrogens is 1. The third kappa shape index (κ3) is 5.57. The molecule has 0 aromatic carbocycles. The smallest absolute Gasteiger partial charge is 0.330 e. The van der Waals surface area contributed by atoms with Crippen molar-refractivity contribution < 1.29 is 9.53 Å². The van der Waals surface area contributed by atoms with Crippen LogP contribution in [0.1, 0.15) is 51.9 Å². The number of methoxy groups -OCH3 is 1. The predicted octanol–water partition coefficient (Wildman–Crippen LogP) is 1.41. The van der Waals surface area contributed by atoms with Crippen LogP contribution in [-0.2, 0) is 16.1 Å². The maximum atomic E-state index is 13.3. The molecule has 9 nitrogen and oxygen atoms in total. The number of nitrogen functional groups attached to an aromatic ring is 1. The largest absolute Gasteiger partial charge is 0.383 e. The van der Waals surface area contributed by atoms with E-state index in [-0.39, 0.29) is 37.1 Å². The Balaban J connectivity index is 1.82. The number of aromatic amines is 1. The zero-order valence-corrected chi connectivity index (χ0v) is 18.9. The number of amides is 1. The second-order valence-corrected chi connectivity index (χ2v) is 8.86. The lowest BCUT2D eigenvalue weighted by Gasteiger charge is -2.41. The van der Waals surface area contributed by atoms with Crippen LogP contribution in [0.4, 0.5) is 11.5 Å². The minimum Gasteiger partial charge on any atom is -0.383 e. The molecule has 1 saturated carbocycles. The molecule has 3 N–H and O–H groups in total. The van der Waals surface area contributed by atoms with Crippen LogP contribution >= 0.6 is 0 Å². The maximum absolute atomic E-state index is 13.3. The Labute approximate surface area is 183 Å². The van der Waals surface area contributed by atoms with E-state index in [4.69, 9.17) is 10.5 Å². The molecule has 0 bridgehead atoms. The highest BCUT2D eigenvalue weighted by Gasteiger charge is 2.33. The average Bonchev–Trinajstić information content (AvgIpc) is 2.75. The van der Waals surface area contributed by atoms with Crippen LogP contribution in [0.15, 0.2) is 9.59 Å². The number of carbonyl (C=O) groups is 1. The van der Waals surface area contributed by atoms with Gasteiger partial charge >= 0.3 is 5.69 Å². The van der Waals surface area contributed by atoms with Crippen molar-refractivity contribution in [3.8, 4) is 0 Å². The van der Waals surface area contributed by atoms with Crippen molar-refractivity contribution in [2.75, 3.05) is 50.5 Å². The molecule has 1 amide bonds. The fourth-order valence-corrected chi connectivity index (χ4v) is 5.02. The summed E-state index contributed by atoms with van der Waals surface area (Å²) in [6.45, 7) is 4.94. The molecule has 2 aliphatic rings. The molecule has 0 radical (unpaired) electrons. The molecular formula is C22H37N5O4. The van der Waals surface area contributed by atoms with E-state index in [0.717, 1.165) is 38.3 Å². The number of fused-ring (bicyclic) bond motifs is 1. The lowest BCUT2D eigenvalue weighted by Crippen LogP contribution is -2.49. The lowest BCUT2D eigenvalue weighted by molar-refractivity contribution is -0.120. The van der Waals surface area contributed by atoms with Gasteiger partial charge in [0.15, 0.2) is 5.69 Å². The highest BCUT2D eigenvalue weighted by molar-refractivity contribution is 5.96. The summed E-state index contributed by atoms with van der Waals surface area (Å²) in [4.78, 5) is 44.2. The number of aromatic nitrogens is 2. The molecule has 3 rings (SSSR count). The first-order chi connectivity index (χ1) is 15.0. The van der Waals surface area contributed by atoms with Gasteiger partial charge in [-0.05, 0) is 37.6 Å². The molecule has 2 heterocycles. The van der Waals surface area contributed by atoms with Crippen molar-refractivity contribution in [2.45, 2.75) is 58.4 Å². The van der Waals surface area contributed by atoms with Crippen LogP contribution < -0.4 is 21.9 Å². The number of hydrogen-bond acceptors (Lipinski definition) is 6. The molecule has 1 aromatic rings. The molecule has 0 unspecified atom stereocenters. The Morgan fingerprint density at radius 1 is 1.23 bits per heavy atom. The van der Waals surface area contributed by atoms with Gasteiger partial charge in [0.2, 0.25) is 5.91 Å². The fraction of sp³-hybridized carbons (Fsp3) is 0.773. The molecule has 2 atom stereocenters. The van der Waals surface area contributed by atoms with E-state index >= 15 is 0 Å². The van der Waals surface area contributed by atoms with E-state index < -0.39 is 11.2 Å². The van der Waals surface area contributed by atoms with Gasteiger partial charge in [-0.25, -0.2) is 4.79 Å². The van der Waals surface area contributed by atoms with Gasteiger partial charge in [0.05, 0.1) is 13.2 Å². The van der Waals surface area contributed by atoms with Crippen LogP contribution in [0.25, 0.3) is 0 Å². The highest BCUT2D eigenvalue weighted by atomic mass is 16.5. The Hall–Kier alpha value is -2.13. The molecule has 2 fully saturated rings. The molecule has 31 heavy (non-hydrogen) atoms. The summed E-state index contributed by atoms with van der Waals surface area (Å²) in [6.07, 6.45) is 7.88. The van der Waals surface area contributed by atoms with Crippen LogP contribution in [-0.4, -0.2) is 60.3 Å². The van der Waals surface area contributed by atoms with Gasteiger partial charge in [0.1, 0.15) is 5.82 Å². The summed E-state index contributed by atoms with van der Waals surface area (Å²) in [6, 6.07) is 0. The van der Waals surface area contributed by atoms with Gasteiger partial charge in [0.25, 0.3) is 5.56 Å². The summed E-state index contributed by atoms with van der Waals surface area (Å²) in [5, 5.41) is 0. The normalized spacial score (nSPS) is 21.6. The summed E-state index contributed by atoms with van der Waals surface area (Å²) in [7, 11) is 1.55. The zero-order chi connectivity index (χ0) is 22.4. The van der Waals surface area contributed by atoms with Crippen LogP contribution in [0, 0.1) is 11.8 Å². The van der Waals surface area contributed by atoms with Crippen molar-refractivity contribution in [1.82, 2.24) is 14.5 Å². The molecule has 0 spiro atoms. The summed E-state index contributed by atoms with van der Waals surface area (Å²) >= 11 is 0. The van der Waals surface area contributed by atoms with Crippen molar-refractivity contribution in [3.05, 3.63) is 20.8 Å². The lowest BCUT2D eigenvalue weighted by atomic mass is 9.75. The van der Waals surface area contributed by atoms with Gasteiger partial charge in [-0.1, -0.05) is 32.6 Å². The number of nitrogens with zero attached hydrogens (tertiary/aromatic N) is 3. The second-order valence-electron chi connectivity index (χ2n) is 8.86. The first-order valence-electron chi connectivity index (χ1n) is 11.6. The number of hydrogen-bond donors (Lipinski definition) is 2. The number of carbonyl (C=O) groups excluding carboxylic acids is 1. The maximum Gasteiger partial charge on any atom is 0.330 e. The first kappa shape index (κ1) is 23.5. The number of nitrogens with one attached hydrogen (secondary N) is 1. The number of piperidine rings is 1. The van der Waals surface area contributed by atoms with E-state index in [1.54, 1.807) is 7.11 Å². The Morgan fingerprint density at radius 3 is 2.68 bits per heavy atom. The van der Waals surface area contributed by atoms with E-state index in [2.05, 4.69) is 9.88 Å². The van der Waals surface area contributed by atoms with Gasteiger partial charge in [-0.15, -0.1) is 0 Å². The van der Waals surface area contributed by atoms with Gasteiger partial charge in [-0.3, -0.25) is 24.0 Å². The monoisotopic (exact) mass is 435 g/mol. The van der Waals surface area contributed by atoms with Crippen LogP contribution in [0.2, 0.25) is 0 Å². The Kier molecular flexibility index (Phi) is 8.31. The van der Waals surface area contributed by atoms with Crippen LogP contribution in [0.3, 0.4) is 0 Å². The standard InChI is InChI=1S/C22H37N5O4/c1-3-4-10-27-20(23)19(21(29)24-22(27)30)26(12-13-31-2)18(28)15-25-11-9-16-7-5-6-8-17(16)14-25/h16-17H,3-15,23H2,1-2H3,(H,24,29,30)/t16-,17-/m1/s1. The minimum absolute atomic E-state index is 0.0395. The molecule has 1 saturated heterocycles. The van der Waals surface area contributed by atoms with E-state index in [1.807, 2.05) is 6.92 Å². The number of unbranched alkanes of at least 4 members (excludes halogenated alkanes) is 1. The number of ether oxygens (including phenoxy) is 1. The number of anilines is 2. The third-order valence-corrected chi connectivity index (χ3v) is 6.77. The van der Waals surface area contributed by atoms with Crippen molar-refractivity contribution in [1.29, 1.82) is 0 Å². The quantitative estimate of drug-likeness (QED) is 0.606. The van der Waals surface area contributed by atoms with E-state index in [0.29, 0.717) is 12.5 Å². The summed E-state index contributed by atoms with van der Waals surface area (Å²) in [5.74, 6) is 1.29. The van der Waals surface area contributed by atoms with Crippen LogP contribution in [0.5, 0.6) is 0 Å². The van der Waals surface area contributed by atoms with E-state index in [1.165, 1.54) is 35.2 Å². The fourth-order valence-electron chi connectivity index (χ4n) is 5.02. The average molecular weight is 436 g/mol. The van der Waals surface area contributed by atoms with E-state index in [9.17, 15) is 14.4 Å². The summed E-state index contributed by atoms with van der Waals surface area (Å²) < 4.78 is 6.52. The predicted molar refractivity (Wildman–Crippen MR) is 121 cm³/mol. The molecule has 1 aliphatic heterocycles. The van der Waals surface area contributed by atoms with Crippen molar-refractivity contribution in [3.63, 3.8) is 0 Å². The summed E-state index contributed by atoms with van der Waals surface area (Å²) in [5.41, 5.74) is 5.12. The Bertz CT molecular complexity index is 864. The topological polar surface area (TPSA) is 114 Å². The highest BCUT2D eigenvalue weighted by Crippen LogP contribution is 2.36. The van der Waals surface area contributed by atoms with Gasteiger partial charge < -0.3 is 15.4 Å². The minimum atomic E-state index is -0.634. The third-order valence-electron chi connectivity index (χ3n) is 6.77. The number of likely N-dealkylation sites (tertiary alicyclic amines) is 1. The van der Waals surface area contributed by atoms with Gasteiger partial charge in [0, 0.05) is 26.7 Å². The zero-order valence-electron chi connectivity index (χ0n) is 18.9. The number of nitrogens with two attached hydrogens (primary N) is 1. The van der Waals surface area contributed by atoms with Crippen molar-refractivity contribution >= 4 is 17.4 Å².